The van der Waals surface area contributed by atoms with E-state index in [2.05, 4.69) is 0 Å². The fraction of sp³-hybridized carbons (Fsp3) is 0.0714. The van der Waals surface area contributed by atoms with Gasteiger partial charge in [0.1, 0.15) is 5.69 Å². The van der Waals surface area contributed by atoms with Gasteiger partial charge in [-0.25, -0.2) is 0 Å². The number of nitrogens with zero attached hydrogens (tertiary/aromatic N) is 2. The molecule has 0 unspecified atom stereocenters. The SMILES string of the molecule is CSc1ccccc1C(N)=O.Nc1ccc([N+](=O)[O-])cc1[N+](=O)[O-]. The molecule has 4 N–H and O–H groups in total. The molecule has 0 saturated heterocycles. The maximum atomic E-state index is 10.8. The lowest BCUT2D eigenvalue weighted by Crippen LogP contribution is -2.11. The van der Waals surface area contributed by atoms with Crippen LogP contribution in [0.5, 0.6) is 0 Å². The number of rotatable bonds is 4. The van der Waals surface area contributed by atoms with Gasteiger partial charge in [-0.05, 0) is 24.5 Å². The third-order valence-corrected chi connectivity index (χ3v) is 3.59. The number of carbonyl (C=O) groups excluding carboxylic acids is 1. The Labute approximate surface area is 140 Å². The summed E-state index contributed by atoms with van der Waals surface area (Å²) in [4.78, 5) is 30.8. The van der Waals surface area contributed by atoms with Crippen LogP contribution < -0.4 is 11.5 Å². The summed E-state index contributed by atoms with van der Waals surface area (Å²) in [5.41, 5.74) is 10.1. The zero-order valence-corrected chi connectivity index (χ0v) is 13.4. The van der Waals surface area contributed by atoms with E-state index in [0.717, 1.165) is 23.1 Å². The third kappa shape index (κ3) is 4.95. The van der Waals surface area contributed by atoms with Crippen LogP contribution in [0.4, 0.5) is 17.1 Å². The van der Waals surface area contributed by atoms with E-state index in [4.69, 9.17) is 11.5 Å². The summed E-state index contributed by atoms with van der Waals surface area (Å²) in [6.07, 6.45) is 1.92. The van der Waals surface area contributed by atoms with Gasteiger partial charge in [0.2, 0.25) is 5.91 Å². The zero-order valence-electron chi connectivity index (χ0n) is 12.5. The topological polar surface area (TPSA) is 155 Å². The molecule has 0 radical (unpaired) electrons. The molecular formula is C14H14N4O5S. The Hall–Kier alpha value is -3.14. The molecule has 24 heavy (non-hydrogen) atoms. The predicted molar refractivity (Wildman–Crippen MR) is 90.9 cm³/mol. The molecule has 0 bridgehead atoms. The first-order valence-corrected chi connectivity index (χ1v) is 7.61. The van der Waals surface area contributed by atoms with E-state index < -0.39 is 15.5 Å². The normalized spacial score (nSPS) is 9.54. The summed E-state index contributed by atoms with van der Waals surface area (Å²) in [7, 11) is 0. The number of carbonyl (C=O) groups is 1. The first-order valence-electron chi connectivity index (χ1n) is 6.39. The number of primary amides is 1. The number of benzene rings is 2. The van der Waals surface area contributed by atoms with Crippen molar-refractivity contribution in [2.45, 2.75) is 4.90 Å². The molecule has 2 aromatic carbocycles. The van der Waals surface area contributed by atoms with Crippen LogP contribution in [0.15, 0.2) is 47.4 Å². The average Bonchev–Trinajstić information content (AvgIpc) is 2.55. The van der Waals surface area contributed by atoms with Crippen molar-refractivity contribution in [2.75, 3.05) is 12.0 Å². The van der Waals surface area contributed by atoms with Crippen molar-refractivity contribution < 1.29 is 14.6 Å². The van der Waals surface area contributed by atoms with Crippen LogP contribution in [0.1, 0.15) is 10.4 Å². The molecule has 0 aliphatic heterocycles. The minimum absolute atomic E-state index is 0.0874. The Morgan fingerprint density at radius 2 is 1.71 bits per heavy atom. The minimum atomic E-state index is -0.762. The van der Waals surface area contributed by atoms with Crippen molar-refractivity contribution in [1.29, 1.82) is 0 Å². The minimum Gasteiger partial charge on any atom is -0.393 e. The number of nitrogens with two attached hydrogens (primary N) is 2. The summed E-state index contributed by atoms with van der Waals surface area (Å²) in [6, 6.07) is 10.4. The molecule has 0 aliphatic rings. The van der Waals surface area contributed by atoms with E-state index in [1.165, 1.54) is 11.8 Å². The van der Waals surface area contributed by atoms with Gasteiger partial charge in [0.15, 0.2) is 0 Å². The maximum Gasteiger partial charge on any atom is 0.298 e. The number of anilines is 1. The van der Waals surface area contributed by atoms with Crippen molar-refractivity contribution in [1.82, 2.24) is 0 Å². The molecule has 0 atom stereocenters. The molecule has 1 amide bonds. The number of amides is 1. The number of nitrogen functional groups attached to an aromatic ring is 1. The smallest absolute Gasteiger partial charge is 0.298 e. The molecule has 0 saturated carbocycles. The molecule has 0 heterocycles. The van der Waals surface area contributed by atoms with Crippen LogP contribution in [-0.2, 0) is 0 Å². The Morgan fingerprint density at radius 3 is 2.17 bits per heavy atom. The Balaban J connectivity index is 0.000000243. The van der Waals surface area contributed by atoms with Gasteiger partial charge in [-0.1, -0.05) is 12.1 Å². The zero-order chi connectivity index (χ0) is 18.3. The number of thioether (sulfide) groups is 1. The number of hydrogen-bond acceptors (Lipinski definition) is 7. The van der Waals surface area contributed by atoms with Gasteiger partial charge < -0.3 is 11.5 Å². The van der Waals surface area contributed by atoms with Crippen LogP contribution in [-0.4, -0.2) is 22.0 Å². The lowest BCUT2D eigenvalue weighted by molar-refractivity contribution is -0.393. The summed E-state index contributed by atoms with van der Waals surface area (Å²) < 4.78 is 0. The Morgan fingerprint density at radius 1 is 1.08 bits per heavy atom. The Kier molecular flexibility index (Phi) is 6.68. The second kappa shape index (κ2) is 8.48. The second-order valence-corrected chi connectivity index (χ2v) is 5.17. The number of non-ortho nitro benzene ring substituents is 1. The predicted octanol–water partition coefficient (Wildman–Crippen LogP) is 2.59. The largest absolute Gasteiger partial charge is 0.393 e. The van der Waals surface area contributed by atoms with Crippen LogP contribution >= 0.6 is 11.8 Å². The molecule has 2 aromatic rings. The molecule has 0 spiro atoms. The standard InChI is InChI=1S/C8H9NOS.C6H5N3O4/c1-11-7-5-3-2-4-6(7)8(9)10;7-5-2-1-4(8(10)11)3-6(5)9(12)13/h2-5H,1H3,(H2,9,10);1-3H,7H2. The van der Waals surface area contributed by atoms with Crippen molar-refractivity contribution in [3.05, 3.63) is 68.3 Å². The molecule has 0 aliphatic carbocycles. The van der Waals surface area contributed by atoms with Gasteiger partial charge in [0, 0.05) is 11.0 Å². The van der Waals surface area contributed by atoms with E-state index in [-0.39, 0.29) is 17.3 Å². The van der Waals surface area contributed by atoms with Gasteiger partial charge in [0.05, 0.1) is 21.5 Å². The molecule has 9 nitrogen and oxygen atoms in total. The van der Waals surface area contributed by atoms with Gasteiger partial charge in [0.25, 0.3) is 11.4 Å². The summed E-state index contributed by atoms with van der Waals surface area (Å²) in [6.45, 7) is 0. The molecular weight excluding hydrogens is 336 g/mol. The summed E-state index contributed by atoms with van der Waals surface area (Å²) >= 11 is 1.52. The van der Waals surface area contributed by atoms with E-state index >= 15 is 0 Å². The first-order chi connectivity index (χ1) is 11.3. The highest BCUT2D eigenvalue weighted by Gasteiger charge is 2.16. The average molecular weight is 350 g/mol. The van der Waals surface area contributed by atoms with Crippen LogP contribution in [0.2, 0.25) is 0 Å². The summed E-state index contributed by atoms with van der Waals surface area (Å²) in [5.74, 6) is -0.366. The summed E-state index contributed by atoms with van der Waals surface area (Å²) in [5, 5.41) is 20.5. The van der Waals surface area contributed by atoms with Crippen LogP contribution in [0.25, 0.3) is 0 Å². The van der Waals surface area contributed by atoms with Gasteiger partial charge in [-0.15, -0.1) is 11.8 Å². The van der Waals surface area contributed by atoms with Crippen LogP contribution in [0.3, 0.4) is 0 Å². The Bertz CT molecular complexity index is 782. The molecule has 0 aromatic heterocycles. The highest BCUT2D eigenvalue weighted by Crippen LogP contribution is 2.25. The third-order valence-electron chi connectivity index (χ3n) is 2.79. The fourth-order valence-corrected chi connectivity index (χ4v) is 2.26. The lowest BCUT2D eigenvalue weighted by Gasteiger charge is -2.00. The van der Waals surface area contributed by atoms with Crippen molar-refractivity contribution in [3.8, 4) is 0 Å². The van der Waals surface area contributed by atoms with Gasteiger partial charge in [-0.3, -0.25) is 25.0 Å². The van der Waals surface area contributed by atoms with Crippen molar-refractivity contribution in [3.63, 3.8) is 0 Å². The fourth-order valence-electron chi connectivity index (χ4n) is 1.65. The van der Waals surface area contributed by atoms with E-state index in [0.29, 0.717) is 5.56 Å². The second-order valence-electron chi connectivity index (χ2n) is 4.32. The number of nitro benzene ring substituents is 2. The van der Waals surface area contributed by atoms with Gasteiger partial charge in [-0.2, -0.15) is 0 Å². The monoisotopic (exact) mass is 350 g/mol. The number of nitro groups is 2. The molecule has 10 heteroatoms. The van der Waals surface area contributed by atoms with Crippen molar-refractivity contribution >= 4 is 34.7 Å². The van der Waals surface area contributed by atoms with E-state index in [9.17, 15) is 25.0 Å². The highest BCUT2D eigenvalue weighted by atomic mass is 32.2. The van der Waals surface area contributed by atoms with Crippen molar-refractivity contribution in [2.24, 2.45) is 5.73 Å². The number of hydrogen-bond donors (Lipinski definition) is 2. The van der Waals surface area contributed by atoms with Crippen LogP contribution in [0, 0.1) is 20.2 Å². The van der Waals surface area contributed by atoms with E-state index in [1.807, 2.05) is 18.4 Å². The first kappa shape index (κ1) is 18.9. The van der Waals surface area contributed by atoms with E-state index in [1.54, 1.807) is 12.1 Å². The highest BCUT2D eigenvalue weighted by molar-refractivity contribution is 7.98. The van der Waals surface area contributed by atoms with Gasteiger partial charge >= 0.3 is 0 Å². The lowest BCUT2D eigenvalue weighted by atomic mass is 10.2. The molecule has 2 rings (SSSR count). The maximum absolute atomic E-state index is 10.8. The quantitative estimate of drug-likeness (QED) is 0.371. The molecule has 0 fully saturated rings. The molecule has 126 valence electrons.